The van der Waals surface area contributed by atoms with Crippen LogP contribution in [-0.4, -0.2) is 35.4 Å². The zero-order chi connectivity index (χ0) is 24.1. The number of ether oxygens (including phenoxy) is 1. The lowest BCUT2D eigenvalue weighted by Crippen LogP contribution is -2.44. The number of imide groups is 1. The minimum atomic E-state index is -0.987. The Morgan fingerprint density at radius 3 is 2.41 bits per heavy atom. The van der Waals surface area contributed by atoms with E-state index in [0.717, 1.165) is 11.3 Å². The van der Waals surface area contributed by atoms with Gasteiger partial charge in [0.25, 0.3) is 11.8 Å². The quantitative estimate of drug-likeness (QED) is 0.491. The SMILES string of the molecule is COc1ccc(CCC2(C)NC(=O)N(Cc3cccc(C(=O)Nc4ccccc4)c3)C2=O)cc1. The first-order valence-electron chi connectivity index (χ1n) is 11.1. The van der Waals surface area contributed by atoms with Crippen molar-refractivity contribution >= 4 is 23.5 Å². The molecule has 4 amide bonds. The third-order valence-electron chi connectivity index (χ3n) is 5.98. The van der Waals surface area contributed by atoms with Gasteiger partial charge in [0, 0.05) is 11.3 Å². The van der Waals surface area contributed by atoms with Crippen LogP contribution in [0, 0.1) is 0 Å². The molecule has 1 unspecified atom stereocenters. The molecule has 1 aliphatic rings. The van der Waals surface area contributed by atoms with E-state index in [1.54, 1.807) is 38.3 Å². The van der Waals surface area contributed by atoms with Crippen molar-refractivity contribution in [3.63, 3.8) is 0 Å². The molecule has 0 spiro atoms. The minimum absolute atomic E-state index is 0.0925. The molecular formula is C27H27N3O4. The average molecular weight is 458 g/mol. The zero-order valence-corrected chi connectivity index (χ0v) is 19.2. The number of hydrogen-bond acceptors (Lipinski definition) is 4. The van der Waals surface area contributed by atoms with Crippen LogP contribution in [0.4, 0.5) is 10.5 Å². The smallest absolute Gasteiger partial charge is 0.325 e. The lowest BCUT2D eigenvalue weighted by molar-refractivity contribution is -0.131. The number of anilines is 1. The Morgan fingerprint density at radius 2 is 1.71 bits per heavy atom. The van der Waals surface area contributed by atoms with Crippen LogP contribution in [0.3, 0.4) is 0 Å². The Hall–Kier alpha value is -4.13. The average Bonchev–Trinajstić information content (AvgIpc) is 3.07. The van der Waals surface area contributed by atoms with Crippen molar-refractivity contribution in [2.75, 3.05) is 12.4 Å². The third kappa shape index (κ3) is 5.09. The van der Waals surface area contributed by atoms with Gasteiger partial charge in [0.05, 0.1) is 13.7 Å². The fourth-order valence-corrected chi connectivity index (χ4v) is 3.96. The molecule has 3 aromatic carbocycles. The number of methoxy groups -OCH3 is 1. The number of carbonyl (C=O) groups is 3. The number of urea groups is 1. The van der Waals surface area contributed by atoms with Crippen LogP contribution in [0.2, 0.25) is 0 Å². The fraction of sp³-hybridized carbons (Fsp3) is 0.222. The van der Waals surface area contributed by atoms with Crippen LogP contribution in [0.15, 0.2) is 78.9 Å². The molecule has 1 atom stereocenters. The molecule has 0 aliphatic carbocycles. The maximum atomic E-state index is 13.2. The normalized spacial score (nSPS) is 17.4. The molecule has 2 N–H and O–H groups in total. The number of nitrogens with zero attached hydrogens (tertiary/aromatic N) is 1. The van der Waals surface area contributed by atoms with E-state index < -0.39 is 11.6 Å². The van der Waals surface area contributed by atoms with E-state index in [2.05, 4.69) is 10.6 Å². The Morgan fingerprint density at radius 1 is 0.971 bits per heavy atom. The molecule has 174 valence electrons. The predicted molar refractivity (Wildman–Crippen MR) is 130 cm³/mol. The number of amides is 4. The molecular weight excluding hydrogens is 430 g/mol. The van der Waals surface area contributed by atoms with E-state index in [9.17, 15) is 14.4 Å². The first-order chi connectivity index (χ1) is 16.4. The fourth-order valence-electron chi connectivity index (χ4n) is 3.96. The van der Waals surface area contributed by atoms with Crippen LogP contribution in [0.25, 0.3) is 0 Å². The maximum absolute atomic E-state index is 13.2. The molecule has 1 fully saturated rings. The van der Waals surface area contributed by atoms with Gasteiger partial charge in [-0.15, -0.1) is 0 Å². The molecule has 0 bridgehead atoms. The summed E-state index contributed by atoms with van der Waals surface area (Å²) in [5, 5.41) is 5.69. The molecule has 0 radical (unpaired) electrons. The van der Waals surface area contributed by atoms with Gasteiger partial charge in [-0.2, -0.15) is 0 Å². The second-order valence-corrected chi connectivity index (χ2v) is 8.52. The highest BCUT2D eigenvalue weighted by molar-refractivity contribution is 6.07. The topological polar surface area (TPSA) is 87.7 Å². The number of nitrogens with one attached hydrogen (secondary N) is 2. The highest BCUT2D eigenvalue weighted by Gasteiger charge is 2.47. The van der Waals surface area contributed by atoms with Crippen molar-refractivity contribution < 1.29 is 19.1 Å². The molecule has 0 aromatic heterocycles. The summed E-state index contributed by atoms with van der Waals surface area (Å²) in [4.78, 5) is 39.7. The Kier molecular flexibility index (Phi) is 6.63. The summed E-state index contributed by atoms with van der Waals surface area (Å²) in [6.45, 7) is 1.84. The number of hydrogen-bond donors (Lipinski definition) is 2. The second-order valence-electron chi connectivity index (χ2n) is 8.52. The lowest BCUT2D eigenvalue weighted by atomic mass is 9.93. The van der Waals surface area contributed by atoms with Crippen molar-refractivity contribution in [3.8, 4) is 5.75 Å². The Balaban J connectivity index is 1.41. The van der Waals surface area contributed by atoms with E-state index in [1.807, 2.05) is 54.6 Å². The number of aryl methyl sites for hydroxylation is 1. The monoisotopic (exact) mass is 457 g/mol. The minimum Gasteiger partial charge on any atom is -0.497 e. The standard InChI is InChI=1S/C27H27N3O4/c1-27(16-15-19-11-13-23(34-2)14-12-19)25(32)30(26(33)29-27)18-20-7-6-8-21(17-20)24(31)28-22-9-4-3-5-10-22/h3-14,17H,15-16,18H2,1-2H3,(H,28,31)(H,29,33). The van der Waals surface area contributed by atoms with E-state index in [-0.39, 0.29) is 18.4 Å². The first kappa shape index (κ1) is 23.0. The summed E-state index contributed by atoms with van der Waals surface area (Å²) < 4.78 is 5.18. The number of rotatable bonds is 8. The van der Waals surface area contributed by atoms with Crippen LogP contribution >= 0.6 is 0 Å². The van der Waals surface area contributed by atoms with Crippen molar-refractivity contribution in [3.05, 3.63) is 95.6 Å². The Bertz CT molecular complexity index is 1190. The zero-order valence-electron chi connectivity index (χ0n) is 19.2. The van der Waals surface area contributed by atoms with E-state index >= 15 is 0 Å². The van der Waals surface area contributed by atoms with Crippen LogP contribution < -0.4 is 15.4 Å². The molecule has 1 saturated heterocycles. The summed E-state index contributed by atoms with van der Waals surface area (Å²) in [6.07, 6.45) is 1.11. The van der Waals surface area contributed by atoms with Gasteiger partial charge in [-0.05, 0) is 67.3 Å². The maximum Gasteiger partial charge on any atom is 0.325 e. The van der Waals surface area contributed by atoms with Gasteiger partial charge >= 0.3 is 6.03 Å². The molecule has 1 aliphatic heterocycles. The second kappa shape index (κ2) is 9.79. The molecule has 7 nitrogen and oxygen atoms in total. The largest absolute Gasteiger partial charge is 0.497 e. The van der Waals surface area contributed by atoms with Crippen molar-refractivity contribution in [1.82, 2.24) is 10.2 Å². The highest BCUT2D eigenvalue weighted by atomic mass is 16.5. The molecule has 1 heterocycles. The summed E-state index contributed by atoms with van der Waals surface area (Å²) in [6, 6.07) is 23.3. The molecule has 0 saturated carbocycles. The Labute approximate surface area is 198 Å². The van der Waals surface area contributed by atoms with Crippen LogP contribution in [0.1, 0.15) is 34.8 Å². The molecule has 7 heteroatoms. The van der Waals surface area contributed by atoms with Crippen LogP contribution in [0.5, 0.6) is 5.75 Å². The molecule has 3 aromatic rings. The summed E-state index contributed by atoms with van der Waals surface area (Å²) in [5.41, 5.74) is 1.91. The van der Waals surface area contributed by atoms with Gasteiger partial charge in [0.2, 0.25) is 0 Å². The molecule has 4 rings (SSSR count). The van der Waals surface area contributed by atoms with E-state index in [0.29, 0.717) is 29.7 Å². The summed E-state index contributed by atoms with van der Waals surface area (Å²) in [7, 11) is 1.61. The van der Waals surface area contributed by atoms with E-state index in [1.165, 1.54) is 4.90 Å². The van der Waals surface area contributed by atoms with Crippen molar-refractivity contribution in [2.45, 2.75) is 31.8 Å². The first-order valence-corrected chi connectivity index (χ1v) is 11.1. The van der Waals surface area contributed by atoms with Crippen molar-refractivity contribution in [1.29, 1.82) is 0 Å². The van der Waals surface area contributed by atoms with Crippen LogP contribution in [-0.2, 0) is 17.8 Å². The third-order valence-corrected chi connectivity index (χ3v) is 5.98. The highest BCUT2D eigenvalue weighted by Crippen LogP contribution is 2.25. The number of benzene rings is 3. The van der Waals surface area contributed by atoms with Gasteiger partial charge in [0.1, 0.15) is 11.3 Å². The lowest BCUT2D eigenvalue weighted by Gasteiger charge is -2.22. The van der Waals surface area contributed by atoms with E-state index in [4.69, 9.17) is 4.74 Å². The summed E-state index contributed by atoms with van der Waals surface area (Å²) in [5.74, 6) is 0.241. The number of carbonyl (C=O) groups excluding carboxylic acids is 3. The van der Waals surface area contributed by atoms with Gasteiger partial charge in [-0.3, -0.25) is 14.5 Å². The van der Waals surface area contributed by atoms with Gasteiger partial charge in [0.15, 0.2) is 0 Å². The van der Waals surface area contributed by atoms with Gasteiger partial charge in [-0.25, -0.2) is 4.79 Å². The van der Waals surface area contributed by atoms with Gasteiger partial charge < -0.3 is 15.4 Å². The predicted octanol–water partition coefficient (Wildman–Crippen LogP) is 4.39. The summed E-state index contributed by atoms with van der Waals surface area (Å²) >= 11 is 0. The van der Waals surface area contributed by atoms with Crippen molar-refractivity contribution in [2.24, 2.45) is 0 Å². The van der Waals surface area contributed by atoms with Gasteiger partial charge in [-0.1, -0.05) is 42.5 Å². The number of para-hydroxylation sites is 1. The molecule has 34 heavy (non-hydrogen) atoms.